The number of aryl methyl sites for hydroxylation is 1. The van der Waals surface area contributed by atoms with E-state index in [1.54, 1.807) is 19.1 Å². The van der Waals surface area contributed by atoms with Crippen LogP contribution in [0.3, 0.4) is 0 Å². The van der Waals surface area contributed by atoms with Crippen LogP contribution >= 0.6 is 15.9 Å². The Bertz CT molecular complexity index is 866. The minimum Gasteiger partial charge on any atom is -0.493 e. The van der Waals surface area contributed by atoms with Crippen molar-refractivity contribution in [1.29, 1.82) is 0 Å². The average molecular weight is 415 g/mol. The molecule has 0 atom stereocenters. The molecule has 0 fully saturated rings. The van der Waals surface area contributed by atoms with Crippen LogP contribution in [0.15, 0.2) is 45.8 Å². The summed E-state index contributed by atoms with van der Waals surface area (Å²) in [4.78, 5) is 10.6. The van der Waals surface area contributed by atoms with Crippen molar-refractivity contribution in [3.05, 3.63) is 56.5 Å². The summed E-state index contributed by atoms with van der Waals surface area (Å²) in [5.74, 6) is 0.310. The van der Waals surface area contributed by atoms with Crippen LogP contribution in [0.2, 0.25) is 0 Å². The first-order valence-corrected chi connectivity index (χ1v) is 9.22. The van der Waals surface area contributed by atoms with Crippen molar-refractivity contribution in [1.82, 2.24) is 0 Å². The Morgan fingerprint density at radius 2 is 1.88 bits per heavy atom. The van der Waals surface area contributed by atoms with Gasteiger partial charge >= 0.3 is 0 Å². The van der Waals surface area contributed by atoms with Crippen LogP contribution in [0.5, 0.6) is 5.75 Å². The number of halogens is 1. The molecule has 24 heavy (non-hydrogen) atoms. The Kier molecular flexibility index (Phi) is 5.45. The molecule has 0 heterocycles. The Hall–Kier alpha value is -2.13. The minimum absolute atomic E-state index is 0.0169. The third-order valence-corrected chi connectivity index (χ3v) is 5.12. The topological polar surface area (TPSA) is 98.5 Å². The van der Waals surface area contributed by atoms with Crippen molar-refractivity contribution >= 4 is 37.3 Å². The maximum absolute atomic E-state index is 12.5. The number of ether oxygens (including phenoxy) is 1. The van der Waals surface area contributed by atoms with Crippen molar-refractivity contribution in [3.63, 3.8) is 0 Å². The highest BCUT2D eigenvalue weighted by molar-refractivity contribution is 9.10. The highest BCUT2D eigenvalue weighted by Crippen LogP contribution is 2.37. The second-order valence-electron chi connectivity index (χ2n) is 4.91. The summed E-state index contributed by atoms with van der Waals surface area (Å²) in [5, 5.41) is 11.2. The van der Waals surface area contributed by atoms with Crippen molar-refractivity contribution in [2.45, 2.75) is 18.7 Å². The van der Waals surface area contributed by atoms with Crippen LogP contribution in [0.1, 0.15) is 12.5 Å². The van der Waals surface area contributed by atoms with E-state index in [1.165, 1.54) is 24.3 Å². The zero-order chi connectivity index (χ0) is 17.9. The van der Waals surface area contributed by atoms with Crippen molar-refractivity contribution < 1.29 is 18.1 Å². The molecule has 0 saturated heterocycles. The van der Waals surface area contributed by atoms with Gasteiger partial charge < -0.3 is 4.74 Å². The van der Waals surface area contributed by atoms with Crippen LogP contribution < -0.4 is 9.46 Å². The molecule has 7 nitrogen and oxygen atoms in total. The van der Waals surface area contributed by atoms with E-state index in [9.17, 15) is 18.5 Å². The predicted octanol–water partition coefficient (Wildman–Crippen LogP) is 3.87. The standard InChI is InChI=1S/C15H15BrN2O5S/c1-3-23-15-9-13(14(18(19)20)8-12(15)16)17-24(21,22)11-6-4-10(2)5-7-11/h4-9,17H,3H2,1-2H3. The first kappa shape index (κ1) is 18.2. The lowest BCUT2D eigenvalue weighted by Crippen LogP contribution is -2.14. The molecule has 0 radical (unpaired) electrons. The van der Waals surface area contributed by atoms with E-state index in [0.717, 1.165) is 5.56 Å². The molecular formula is C15H15BrN2O5S. The number of rotatable bonds is 6. The Balaban J connectivity index is 2.48. The first-order valence-electron chi connectivity index (χ1n) is 6.95. The number of nitrogens with zero attached hydrogens (tertiary/aromatic N) is 1. The first-order chi connectivity index (χ1) is 11.2. The Morgan fingerprint density at radius 1 is 1.25 bits per heavy atom. The molecule has 2 aromatic carbocycles. The molecule has 0 spiro atoms. The van der Waals surface area contributed by atoms with Gasteiger partial charge in [0, 0.05) is 12.1 Å². The van der Waals surface area contributed by atoms with Gasteiger partial charge in [-0.15, -0.1) is 0 Å². The molecule has 0 aliphatic heterocycles. The SMILES string of the molecule is CCOc1cc(NS(=O)(=O)c2ccc(C)cc2)c([N+](=O)[O-])cc1Br. The summed E-state index contributed by atoms with van der Waals surface area (Å²) in [7, 11) is -3.96. The smallest absolute Gasteiger partial charge is 0.294 e. The third-order valence-electron chi connectivity index (χ3n) is 3.12. The fraction of sp³-hybridized carbons (Fsp3) is 0.200. The molecule has 0 bridgehead atoms. The monoisotopic (exact) mass is 414 g/mol. The van der Waals surface area contributed by atoms with Gasteiger partial charge in [-0.1, -0.05) is 17.7 Å². The molecule has 0 unspecified atom stereocenters. The number of nitro benzene ring substituents is 1. The van der Waals surface area contributed by atoms with E-state index in [4.69, 9.17) is 4.74 Å². The molecule has 0 saturated carbocycles. The quantitative estimate of drug-likeness (QED) is 0.571. The van der Waals surface area contributed by atoms with Crippen LogP contribution in [-0.4, -0.2) is 19.9 Å². The van der Waals surface area contributed by atoms with Gasteiger partial charge in [0.15, 0.2) is 0 Å². The van der Waals surface area contributed by atoms with Crippen LogP contribution in [0.25, 0.3) is 0 Å². The van der Waals surface area contributed by atoms with Crippen LogP contribution in [0, 0.1) is 17.0 Å². The predicted molar refractivity (Wildman–Crippen MR) is 94.0 cm³/mol. The van der Waals surface area contributed by atoms with E-state index in [0.29, 0.717) is 16.8 Å². The molecule has 0 aromatic heterocycles. The molecule has 0 aliphatic rings. The van der Waals surface area contributed by atoms with Gasteiger partial charge in [-0.2, -0.15) is 0 Å². The highest BCUT2D eigenvalue weighted by Gasteiger charge is 2.23. The molecule has 2 aromatic rings. The van der Waals surface area contributed by atoms with Crippen molar-refractivity contribution in [2.24, 2.45) is 0 Å². The van der Waals surface area contributed by atoms with Gasteiger partial charge in [0.2, 0.25) is 0 Å². The minimum atomic E-state index is -3.96. The summed E-state index contributed by atoms with van der Waals surface area (Å²) >= 11 is 3.18. The molecule has 1 N–H and O–H groups in total. The molecule has 9 heteroatoms. The van der Waals surface area contributed by atoms with Crippen LogP contribution in [0.4, 0.5) is 11.4 Å². The number of sulfonamides is 1. The summed E-state index contributed by atoms with van der Waals surface area (Å²) in [5.41, 5.74) is 0.371. The second kappa shape index (κ2) is 7.18. The fourth-order valence-corrected chi connectivity index (χ4v) is 3.47. The van der Waals surface area contributed by atoms with Gasteiger partial charge in [0.05, 0.1) is 20.9 Å². The summed E-state index contributed by atoms with van der Waals surface area (Å²) < 4.78 is 32.9. The van der Waals surface area contributed by atoms with Gasteiger partial charge in [0.1, 0.15) is 11.4 Å². The maximum atomic E-state index is 12.5. The number of hydrogen-bond acceptors (Lipinski definition) is 5. The van der Waals surface area contributed by atoms with Gasteiger partial charge in [0.25, 0.3) is 15.7 Å². The Labute approximate surface area is 148 Å². The van der Waals surface area contributed by atoms with Crippen molar-refractivity contribution in [3.8, 4) is 5.75 Å². The van der Waals surface area contributed by atoms with Crippen molar-refractivity contribution in [2.75, 3.05) is 11.3 Å². The van der Waals surface area contributed by atoms with E-state index in [-0.39, 0.29) is 16.3 Å². The average Bonchev–Trinajstić information content (AvgIpc) is 2.50. The number of nitrogens with one attached hydrogen (secondary N) is 1. The van der Waals surface area contributed by atoms with Gasteiger partial charge in [-0.25, -0.2) is 8.42 Å². The second-order valence-corrected chi connectivity index (χ2v) is 7.45. The molecule has 2 rings (SSSR count). The molecule has 0 amide bonds. The number of nitro groups is 1. The zero-order valence-electron chi connectivity index (χ0n) is 12.9. The number of hydrogen-bond donors (Lipinski definition) is 1. The summed E-state index contributed by atoms with van der Waals surface area (Å²) in [6.45, 7) is 3.92. The van der Waals surface area contributed by atoms with E-state index >= 15 is 0 Å². The summed E-state index contributed by atoms with van der Waals surface area (Å²) in [6, 6.07) is 8.67. The fourth-order valence-electron chi connectivity index (χ4n) is 1.96. The van der Waals surface area contributed by atoms with E-state index in [1.807, 2.05) is 6.92 Å². The molecule has 0 aliphatic carbocycles. The lowest BCUT2D eigenvalue weighted by molar-refractivity contribution is -0.384. The molecular weight excluding hydrogens is 400 g/mol. The zero-order valence-corrected chi connectivity index (χ0v) is 15.3. The normalized spacial score (nSPS) is 11.1. The summed E-state index contributed by atoms with van der Waals surface area (Å²) in [6.07, 6.45) is 0. The molecule has 128 valence electrons. The number of benzene rings is 2. The lowest BCUT2D eigenvalue weighted by Gasteiger charge is -2.12. The maximum Gasteiger partial charge on any atom is 0.294 e. The highest BCUT2D eigenvalue weighted by atomic mass is 79.9. The van der Waals surface area contributed by atoms with Gasteiger partial charge in [-0.05, 0) is 41.9 Å². The third kappa shape index (κ3) is 4.04. The largest absolute Gasteiger partial charge is 0.493 e. The lowest BCUT2D eigenvalue weighted by atomic mass is 10.2. The van der Waals surface area contributed by atoms with E-state index in [2.05, 4.69) is 20.7 Å². The van der Waals surface area contributed by atoms with Gasteiger partial charge in [-0.3, -0.25) is 14.8 Å². The Morgan fingerprint density at radius 3 is 2.42 bits per heavy atom. The number of anilines is 1. The van der Waals surface area contributed by atoms with Crippen LogP contribution in [-0.2, 0) is 10.0 Å². The van der Waals surface area contributed by atoms with E-state index < -0.39 is 14.9 Å².